The summed E-state index contributed by atoms with van der Waals surface area (Å²) in [6.07, 6.45) is 1.94. The van der Waals surface area contributed by atoms with Crippen LogP contribution in [-0.2, 0) is 9.22 Å². The molecule has 0 aliphatic carbocycles. The summed E-state index contributed by atoms with van der Waals surface area (Å²) < 4.78 is 4.57. The highest BCUT2D eigenvalue weighted by atomic mass is 35.5. The van der Waals surface area contributed by atoms with Crippen molar-refractivity contribution in [1.82, 2.24) is 19.9 Å². The second kappa shape index (κ2) is 20.3. The predicted molar refractivity (Wildman–Crippen MR) is 155 cm³/mol. The van der Waals surface area contributed by atoms with Crippen molar-refractivity contribution in [2.24, 2.45) is 0 Å². The van der Waals surface area contributed by atoms with E-state index in [0.29, 0.717) is 37.3 Å². The van der Waals surface area contributed by atoms with E-state index in [-0.39, 0.29) is 0 Å². The van der Waals surface area contributed by atoms with Gasteiger partial charge in [0, 0.05) is 0 Å². The number of hydrogen-bond donors (Lipinski definition) is 0. The van der Waals surface area contributed by atoms with Crippen LogP contribution in [0.25, 0.3) is 9.69 Å². The molecule has 0 unspecified atom stereocenters. The zero-order chi connectivity index (χ0) is 28.2. The lowest BCUT2D eigenvalue weighted by Crippen LogP contribution is -1.81. The summed E-state index contributed by atoms with van der Waals surface area (Å²) >= 11 is 24.5. The van der Waals surface area contributed by atoms with Gasteiger partial charge in [-0.15, -0.1) is 9.97 Å². The van der Waals surface area contributed by atoms with Gasteiger partial charge in [-0.2, -0.15) is 4.33 Å². The predicted octanol–water partition coefficient (Wildman–Crippen LogP) is 9.35. The highest BCUT2D eigenvalue weighted by molar-refractivity contribution is 7.98. The zero-order valence-electron chi connectivity index (χ0n) is 19.8. The average molecular weight is 628 g/mol. The highest BCUT2D eigenvalue weighted by Gasteiger charge is 1.97. The van der Waals surface area contributed by atoms with Crippen LogP contribution >= 0.6 is 70.2 Å². The SMILES string of the molecule is COOSc1cccc(Cl)n1.Clc1cccc(Cl)n1.[C-]#[N+]c1cccc(Cl)n1.[C-]#[N+]c1cccc(SC)n1. The number of hydrogen-bond acceptors (Lipinski definition) is 8. The molecule has 0 N–H and O–H groups in total. The van der Waals surface area contributed by atoms with E-state index >= 15 is 0 Å². The smallest absolute Gasteiger partial charge is 0.271 e. The molecule has 196 valence electrons. The van der Waals surface area contributed by atoms with Crippen molar-refractivity contribution in [2.45, 2.75) is 10.1 Å². The summed E-state index contributed by atoms with van der Waals surface area (Å²) in [6.45, 7) is 13.2. The third kappa shape index (κ3) is 15.6. The molecule has 14 heteroatoms. The molecular weight excluding hydrogens is 610 g/mol. The second-order valence-electron chi connectivity index (χ2n) is 5.98. The van der Waals surface area contributed by atoms with Crippen LogP contribution in [0.1, 0.15) is 0 Å². The summed E-state index contributed by atoms with van der Waals surface area (Å²) in [4.78, 5) is 26.0. The minimum Gasteiger partial charge on any atom is -0.361 e. The first-order chi connectivity index (χ1) is 18.3. The molecule has 0 radical (unpaired) electrons. The number of aromatic nitrogens is 4. The lowest BCUT2D eigenvalue weighted by molar-refractivity contribution is -0.160. The molecule has 0 aliphatic heterocycles. The molecule has 0 aromatic carbocycles. The Morgan fingerprint density at radius 1 is 0.632 bits per heavy atom. The standard InChI is InChI=1S/C7H6N2S.C6H3ClN2.C6H6ClNO2S.C5H3Cl2N/c1-8-6-4-3-5-7(9-6)10-2;1-8-6-4-2-3-5(7)9-6;1-9-10-11-6-4-2-3-5(7)8-6;6-4-2-1-3-5(7)8-4/h3-5H,2H3;2-4H;2-4H,1H3;1-3H. The molecule has 4 heterocycles. The van der Waals surface area contributed by atoms with E-state index in [2.05, 4.69) is 38.8 Å². The van der Waals surface area contributed by atoms with Crippen LogP contribution in [0.5, 0.6) is 0 Å². The Bertz CT molecular complexity index is 1340. The van der Waals surface area contributed by atoms with Gasteiger partial charge in [0.25, 0.3) is 11.6 Å². The van der Waals surface area contributed by atoms with E-state index in [1.165, 1.54) is 7.11 Å². The molecule has 38 heavy (non-hydrogen) atoms. The Kier molecular flexibility index (Phi) is 17.9. The molecule has 0 atom stereocenters. The van der Waals surface area contributed by atoms with Gasteiger partial charge in [0.1, 0.15) is 20.5 Å². The molecule has 4 aromatic heterocycles. The third-order valence-electron chi connectivity index (χ3n) is 3.41. The van der Waals surface area contributed by atoms with Crippen molar-refractivity contribution in [1.29, 1.82) is 0 Å². The second-order valence-corrected chi connectivity index (χ2v) is 9.08. The van der Waals surface area contributed by atoms with Gasteiger partial charge >= 0.3 is 0 Å². The van der Waals surface area contributed by atoms with Crippen molar-refractivity contribution in [2.75, 3.05) is 13.4 Å². The molecule has 8 nitrogen and oxygen atoms in total. The monoisotopic (exact) mass is 626 g/mol. The molecule has 0 fully saturated rings. The summed E-state index contributed by atoms with van der Waals surface area (Å²) in [5.74, 6) is 0.800. The van der Waals surface area contributed by atoms with Crippen molar-refractivity contribution in [3.63, 3.8) is 0 Å². The molecule has 0 amide bonds. The lowest BCUT2D eigenvalue weighted by Gasteiger charge is -1.96. The summed E-state index contributed by atoms with van der Waals surface area (Å²) in [6, 6.07) is 20.7. The van der Waals surface area contributed by atoms with Crippen LogP contribution in [-0.4, -0.2) is 33.3 Å². The van der Waals surface area contributed by atoms with Crippen molar-refractivity contribution < 1.29 is 9.22 Å². The van der Waals surface area contributed by atoms with Crippen LogP contribution in [0, 0.1) is 13.1 Å². The van der Waals surface area contributed by atoms with E-state index < -0.39 is 0 Å². The van der Waals surface area contributed by atoms with Crippen LogP contribution < -0.4 is 0 Å². The Hall–Kier alpha value is -2.64. The fourth-order valence-electron chi connectivity index (χ4n) is 1.93. The lowest BCUT2D eigenvalue weighted by atomic mass is 10.5. The van der Waals surface area contributed by atoms with Crippen molar-refractivity contribution in [3.05, 3.63) is 116 Å². The van der Waals surface area contributed by atoms with E-state index in [1.807, 2.05) is 18.4 Å². The van der Waals surface area contributed by atoms with Gasteiger partial charge in [0.2, 0.25) is 5.15 Å². The highest BCUT2D eigenvalue weighted by Crippen LogP contribution is 2.18. The molecule has 4 rings (SSSR count). The van der Waals surface area contributed by atoms with E-state index in [4.69, 9.17) is 59.5 Å². The van der Waals surface area contributed by atoms with Gasteiger partial charge in [-0.25, -0.2) is 14.9 Å². The molecule has 0 spiro atoms. The maximum Gasteiger partial charge on any atom is 0.271 e. The Balaban J connectivity index is 0.000000255. The molecule has 0 saturated heterocycles. The summed E-state index contributed by atoms with van der Waals surface area (Å²) in [7, 11) is 1.43. The van der Waals surface area contributed by atoms with E-state index in [9.17, 15) is 0 Å². The minimum absolute atomic E-state index is 0.336. The number of thioether (sulfide) groups is 1. The van der Waals surface area contributed by atoms with Gasteiger partial charge in [-0.05, 0) is 66.4 Å². The van der Waals surface area contributed by atoms with Crippen molar-refractivity contribution >= 4 is 81.8 Å². The molecule has 0 saturated carbocycles. The summed E-state index contributed by atoms with van der Waals surface area (Å²) in [5, 5.41) is 3.22. The molecule has 4 aromatic rings. The number of pyridine rings is 4. The number of halogens is 4. The number of rotatable bonds is 4. The Labute approximate surface area is 249 Å². The van der Waals surface area contributed by atoms with Crippen molar-refractivity contribution in [3.8, 4) is 0 Å². The van der Waals surface area contributed by atoms with E-state index in [1.54, 1.807) is 72.4 Å². The maximum absolute atomic E-state index is 6.67. The first-order valence-electron chi connectivity index (χ1n) is 9.97. The fraction of sp³-hybridized carbons (Fsp3) is 0.0833. The average Bonchev–Trinajstić information content (AvgIpc) is 2.93. The quantitative estimate of drug-likeness (QED) is 0.0553. The number of nitrogens with zero attached hydrogens (tertiary/aromatic N) is 6. The summed E-state index contributed by atoms with van der Waals surface area (Å²) in [5.41, 5.74) is 0. The first-order valence-corrected chi connectivity index (χ1v) is 13.5. The fourth-order valence-corrected chi connectivity index (χ4v) is 3.48. The first kappa shape index (κ1) is 33.4. The minimum atomic E-state index is 0.336. The van der Waals surface area contributed by atoms with Crippen LogP contribution in [0.4, 0.5) is 11.6 Å². The Morgan fingerprint density at radius 3 is 1.50 bits per heavy atom. The molecule has 0 aliphatic rings. The van der Waals surface area contributed by atoms with Crippen LogP contribution in [0.3, 0.4) is 0 Å². The zero-order valence-corrected chi connectivity index (χ0v) is 24.4. The van der Waals surface area contributed by atoms with Crippen LogP contribution in [0.2, 0.25) is 20.6 Å². The van der Waals surface area contributed by atoms with Gasteiger partial charge in [0.05, 0.1) is 19.2 Å². The van der Waals surface area contributed by atoms with Gasteiger partial charge in [-0.3, -0.25) is 0 Å². The third-order valence-corrected chi connectivity index (χ3v) is 5.50. The van der Waals surface area contributed by atoms with Gasteiger partial charge in [-0.1, -0.05) is 84.0 Å². The van der Waals surface area contributed by atoms with E-state index in [0.717, 1.165) is 17.1 Å². The Morgan fingerprint density at radius 2 is 1.08 bits per heavy atom. The topological polar surface area (TPSA) is 78.7 Å². The molecular formula is C24H18Cl4N6O2S2. The van der Waals surface area contributed by atoms with Crippen LogP contribution in [0.15, 0.2) is 82.8 Å². The maximum atomic E-state index is 6.67. The largest absolute Gasteiger partial charge is 0.361 e. The normalized spacial score (nSPS) is 9.16. The molecule has 0 bridgehead atoms. The van der Waals surface area contributed by atoms with Gasteiger partial charge in [0.15, 0.2) is 5.03 Å². The van der Waals surface area contributed by atoms with Gasteiger partial charge < -0.3 is 9.69 Å².